The molecule has 0 bridgehead atoms. The van der Waals surface area contributed by atoms with Crippen molar-refractivity contribution in [2.24, 2.45) is 4.99 Å². The normalized spacial score (nSPS) is 11.9. The van der Waals surface area contributed by atoms with Gasteiger partial charge in [-0.05, 0) is 33.1 Å². The topological polar surface area (TPSA) is 48.9 Å². The summed E-state index contributed by atoms with van der Waals surface area (Å²) in [5.41, 5.74) is 0.404. The zero-order chi connectivity index (χ0) is 17.3. The number of rotatable bonds is 7. The highest BCUT2D eigenvalue weighted by molar-refractivity contribution is 14.0. The molecule has 0 unspecified atom stereocenters. The van der Waals surface area contributed by atoms with Gasteiger partial charge in [-0.1, -0.05) is 18.2 Å². The van der Waals surface area contributed by atoms with Gasteiger partial charge in [0.1, 0.15) is 5.75 Å². The maximum Gasteiger partial charge on any atom is 0.573 e. The smallest absolute Gasteiger partial charge is 0.405 e. The summed E-state index contributed by atoms with van der Waals surface area (Å²) in [5.74, 6) is 0.320. The molecule has 1 aromatic carbocycles. The number of aliphatic imine (C=N–C) groups is 1. The van der Waals surface area contributed by atoms with Crippen molar-refractivity contribution in [3.05, 3.63) is 29.8 Å². The van der Waals surface area contributed by atoms with E-state index >= 15 is 0 Å². The summed E-state index contributed by atoms with van der Waals surface area (Å²) in [6.07, 6.45) is -3.77. The van der Waals surface area contributed by atoms with Gasteiger partial charge in [0.05, 0.1) is 0 Å². The van der Waals surface area contributed by atoms with Crippen molar-refractivity contribution in [2.75, 3.05) is 34.2 Å². The van der Waals surface area contributed by atoms with Gasteiger partial charge in [0.25, 0.3) is 0 Å². The minimum absolute atomic E-state index is 0. The zero-order valence-electron chi connectivity index (χ0n) is 14.0. The molecule has 0 aromatic heterocycles. The Morgan fingerprint density at radius 1 is 1.21 bits per heavy atom. The average molecular weight is 460 g/mol. The molecule has 138 valence electrons. The Bertz CT molecular complexity index is 510. The first-order valence-electron chi connectivity index (χ1n) is 7.24. The predicted molar refractivity (Wildman–Crippen MR) is 99.9 cm³/mol. The largest absolute Gasteiger partial charge is 0.573 e. The molecule has 2 N–H and O–H groups in total. The highest BCUT2D eigenvalue weighted by Crippen LogP contribution is 2.25. The van der Waals surface area contributed by atoms with Crippen LogP contribution in [0.2, 0.25) is 0 Å². The third-order valence-electron chi connectivity index (χ3n) is 2.94. The number of hydrogen-bond donors (Lipinski definition) is 2. The van der Waals surface area contributed by atoms with Crippen LogP contribution in [-0.2, 0) is 6.54 Å². The molecule has 0 saturated carbocycles. The molecule has 0 amide bonds. The molecule has 0 radical (unpaired) electrons. The molecule has 0 heterocycles. The van der Waals surface area contributed by atoms with Crippen LogP contribution in [0.4, 0.5) is 13.2 Å². The quantitative estimate of drug-likeness (QED) is 0.285. The number of nitrogens with zero attached hydrogens (tertiary/aromatic N) is 2. The Morgan fingerprint density at radius 3 is 2.46 bits per heavy atom. The maximum atomic E-state index is 12.4. The summed E-state index contributed by atoms with van der Waals surface area (Å²) in [7, 11) is 5.59. The number of nitrogens with one attached hydrogen (secondary N) is 2. The molecule has 0 aliphatic heterocycles. The van der Waals surface area contributed by atoms with E-state index in [4.69, 9.17) is 0 Å². The van der Waals surface area contributed by atoms with Gasteiger partial charge in [0.2, 0.25) is 0 Å². The second-order valence-electron chi connectivity index (χ2n) is 5.16. The average Bonchev–Trinajstić information content (AvgIpc) is 2.46. The Balaban J connectivity index is 0.00000529. The first kappa shape index (κ1) is 22.8. The first-order valence-corrected chi connectivity index (χ1v) is 7.24. The van der Waals surface area contributed by atoms with Crippen LogP contribution < -0.4 is 15.4 Å². The fourth-order valence-corrected chi connectivity index (χ4v) is 1.88. The van der Waals surface area contributed by atoms with E-state index in [0.717, 1.165) is 19.5 Å². The Morgan fingerprint density at radius 2 is 1.88 bits per heavy atom. The third-order valence-corrected chi connectivity index (χ3v) is 2.94. The van der Waals surface area contributed by atoms with Gasteiger partial charge in [-0.3, -0.25) is 4.99 Å². The fourth-order valence-electron chi connectivity index (χ4n) is 1.88. The molecule has 0 fully saturated rings. The summed E-state index contributed by atoms with van der Waals surface area (Å²) < 4.78 is 41.1. The lowest BCUT2D eigenvalue weighted by atomic mass is 10.2. The minimum atomic E-state index is -4.71. The number of ether oxygens (including phenoxy) is 1. The van der Waals surface area contributed by atoms with Crippen LogP contribution in [0.15, 0.2) is 29.3 Å². The Labute approximate surface area is 157 Å². The van der Waals surface area contributed by atoms with Crippen molar-refractivity contribution in [3.8, 4) is 5.75 Å². The zero-order valence-corrected chi connectivity index (χ0v) is 16.3. The van der Waals surface area contributed by atoms with Gasteiger partial charge in [-0.15, -0.1) is 37.1 Å². The number of alkyl halides is 3. The molecule has 5 nitrogen and oxygen atoms in total. The molecule has 1 rings (SSSR count). The summed E-state index contributed by atoms with van der Waals surface area (Å²) >= 11 is 0. The molecule has 0 spiro atoms. The van der Waals surface area contributed by atoms with Gasteiger partial charge in [-0.2, -0.15) is 0 Å². The molecule has 9 heteroatoms. The number of para-hydroxylation sites is 1. The molecule has 0 aliphatic carbocycles. The van der Waals surface area contributed by atoms with Crippen molar-refractivity contribution in [1.29, 1.82) is 0 Å². The molecule has 0 saturated heterocycles. The van der Waals surface area contributed by atoms with Crippen LogP contribution in [0, 0.1) is 0 Å². The fraction of sp³-hybridized carbons (Fsp3) is 0.533. The van der Waals surface area contributed by atoms with Crippen molar-refractivity contribution >= 4 is 29.9 Å². The lowest BCUT2D eigenvalue weighted by Gasteiger charge is -2.16. The van der Waals surface area contributed by atoms with Crippen LogP contribution in [-0.4, -0.2) is 51.5 Å². The van der Waals surface area contributed by atoms with Gasteiger partial charge < -0.3 is 20.3 Å². The van der Waals surface area contributed by atoms with E-state index in [-0.39, 0.29) is 36.3 Å². The Hall–Kier alpha value is -1.23. The number of guanidine groups is 1. The monoisotopic (exact) mass is 460 g/mol. The number of halogens is 4. The van der Waals surface area contributed by atoms with Crippen molar-refractivity contribution < 1.29 is 17.9 Å². The molecule has 0 atom stereocenters. The molecular formula is C15H24F3IN4O. The van der Waals surface area contributed by atoms with Crippen molar-refractivity contribution in [3.63, 3.8) is 0 Å². The van der Waals surface area contributed by atoms with Crippen molar-refractivity contribution in [1.82, 2.24) is 15.5 Å². The summed E-state index contributed by atoms with van der Waals surface area (Å²) in [6, 6.07) is 6.03. The van der Waals surface area contributed by atoms with E-state index in [1.54, 1.807) is 19.2 Å². The summed E-state index contributed by atoms with van der Waals surface area (Å²) in [4.78, 5) is 6.11. The molecule has 1 aromatic rings. The number of hydrogen-bond acceptors (Lipinski definition) is 3. The van der Waals surface area contributed by atoms with Crippen LogP contribution >= 0.6 is 24.0 Å². The second kappa shape index (κ2) is 11.3. The molecule has 0 aliphatic rings. The highest BCUT2D eigenvalue weighted by atomic mass is 127. The van der Waals surface area contributed by atoms with Gasteiger partial charge >= 0.3 is 6.36 Å². The molecule has 24 heavy (non-hydrogen) atoms. The Kier molecular flexibility index (Phi) is 10.8. The van der Waals surface area contributed by atoms with Gasteiger partial charge in [0.15, 0.2) is 5.96 Å². The van der Waals surface area contributed by atoms with Crippen LogP contribution in [0.3, 0.4) is 0 Å². The SMILES string of the molecule is CN=C(NCCCN(C)C)NCc1ccccc1OC(F)(F)F.I. The second-order valence-corrected chi connectivity index (χ2v) is 5.16. The predicted octanol–water partition coefficient (Wildman–Crippen LogP) is 2.82. The van der Waals surface area contributed by atoms with E-state index in [1.165, 1.54) is 12.1 Å². The minimum Gasteiger partial charge on any atom is -0.405 e. The van der Waals surface area contributed by atoms with E-state index in [0.29, 0.717) is 11.5 Å². The number of benzene rings is 1. The third kappa shape index (κ3) is 9.81. The molecular weight excluding hydrogens is 436 g/mol. The van der Waals surface area contributed by atoms with E-state index in [2.05, 4.69) is 25.3 Å². The van der Waals surface area contributed by atoms with Crippen LogP contribution in [0.5, 0.6) is 5.75 Å². The van der Waals surface area contributed by atoms with Crippen LogP contribution in [0.1, 0.15) is 12.0 Å². The maximum absolute atomic E-state index is 12.4. The lowest BCUT2D eigenvalue weighted by Crippen LogP contribution is -2.38. The van der Waals surface area contributed by atoms with Gasteiger partial charge in [0, 0.05) is 25.7 Å². The van der Waals surface area contributed by atoms with Crippen molar-refractivity contribution in [2.45, 2.75) is 19.3 Å². The lowest BCUT2D eigenvalue weighted by molar-refractivity contribution is -0.274. The van der Waals surface area contributed by atoms with E-state index < -0.39 is 6.36 Å². The standard InChI is InChI=1S/C15H23F3N4O.HI/c1-19-14(20-9-6-10-22(2)3)21-11-12-7-4-5-8-13(12)23-15(16,17)18;/h4-5,7-8H,6,9-11H2,1-3H3,(H2,19,20,21);1H. The van der Waals surface area contributed by atoms with Gasteiger partial charge in [-0.25, -0.2) is 0 Å². The van der Waals surface area contributed by atoms with Crippen LogP contribution in [0.25, 0.3) is 0 Å². The summed E-state index contributed by atoms with van der Waals surface area (Å²) in [5, 5.41) is 6.09. The van der Waals surface area contributed by atoms with E-state index in [9.17, 15) is 13.2 Å². The summed E-state index contributed by atoms with van der Waals surface area (Å²) in [6.45, 7) is 1.84. The highest BCUT2D eigenvalue weighted by Gasteiger charge is 2.31. The first-order chi connectivity index (χ1) is 10.8. The van der Waals surface area contributed by atoms with E-state index in [1.807, 2.05) is 14.1 Å².